The van der Waals surface area contributed by atoms with Crippen LogP contribution in [0.2, 0.25) is 0 Å². The van der Waals surface area contributed by atoms with E-state index in [-0.39, 0.29) is 0 Å². The maximum atomic E-state index is 4.75. The molecule has 0 amide bonds. The summed E-state index contributed by atoms with van der Waals surface area (Å²) in [4.78, 5) is 13.2. The zero-order chi connectivity index (χ0) is 17.1. The summed E-state index contributed by atoms with van der Waals surface area (Å²) in [5.74, 6) is 1.00. The SMILES string of the molecule is CCCc1ncc2c(n1)CCN(Cc1cc(-c3ccccc3)cs1)C2. The van der Waals surface area contributed by atoms with Gasteiger partial charge in [-0.2, -0.15) is 0 Å². The normalized spacial score (nSPS) is 14.4. The molecule has 0 spiro atoms. The van der Waals surface area contributed by atoms with Crippen molar-refractivity contribution in [3.63, 3.8) is 0 Å². The number of fused-ring (bicyclic) bond motifs is 1. The molecule has 0 saturated carbocycles. The predicted octanol–water partition coefficient (Wildman–Crippen LogP) is 4.72. The van der Waals surface area contributed by atoms with Crippen LogP contribution in [-0.2, 0) is 25.9 Å². The van der Waals surface area contributed by atoms with Crippen LogP contribution in [-0.4, -0.2) is 21.4 Å². The molecule has 2 aromatic heterocycles. The number of nitrogens with zero attached hydrogens (tertiary/aromatic N) is 3. The molecular formula is C21H23N3S. The minimum atomic E-state index is 0.959. The number of aryl methyl sites for hydroxylation is 1. The number of hydrogen-bond acceptors (Lipinski definition) is 4. The molecule has 1 aliphatic heterocycles. The third-order valence-corrected chi connectivity index (χ3v) is 5.60. The smallest absolute Gasteiger partial charge is 0.128 e. The first-order chi connectivity index (χ1) is 12.3. The van der Waals surface area contributed by atoms with E-state index in [1.54, 1.807) is 0 Å². The highest BCUT2D eigenvalue weighted by molar-refractivity contribution is 7.10. The summed E-state index contributed by atoms with van der Waals surface area (Å²) in [5.41, 5.74) is 5.17. The molecule has 0 atom stereocenters. The summed E-state index contributed by atoms with van der Waals surface area (Å²) in [5, 5.41) is 2.27. The van der Waals surface area contributed by atoms with Gasteiger partial charge in [0.1, 0.15) is 5.82 Å². The fourth-order valence-electron chi connectivity index (χ4n) is 3.36. The Bertz CT molecular complexity index is 841. The zero-order valence-electron chi connectivity index (χ0n) is 14.6. The van der Waals surface area contributed by atoms with E-state index in [4.69, 9.17) is 4.98 Å². The highest BCUT2D eigenvalue weighted by Gasteiger charge is 2.19. The number of thiophene rings is 1. The van der Waals surface area contributed by atoms with Crippen LogP contribution in [0.25, 0.3) is 11.1 Å². The quantitative estimate of drug-likeness (QED) is 0.667. The lowest BCUT2D eigenvalue weighted by Crippen LogP contribution is -2.30. The largest absolute Gasteiger partial charge is 0.293 e. The van der Waals surface area contributed by atoms with E-state index >= 15 is 0 Å². The van der Waals surface area contributed by atoms with Crippen LogP contribution in [0.4, 0.5) is 0 Å². The fraction of sp³-hybridized carbons (Fsp3) is 0.333. The Morgan fingerprint density at radius 1 is 1.16 bits per heavy atom. The maximum Gasteiger partial charge on any atom is 0.128 e. The summed E-state index contributed by atoms with van der Waals surface area (Å²) >= 11 is 1.86. The van der Waals surface area contributed by atoms with Gasteiger partial charge in [0.15, 0.2) is 0 Å². The third-order valence-electron chi connectivity index (χ3n) is 4.68. The van der Waals surface area contributed by atoms with Crippen molar-refractivity contribution in [2.24, 2.45) is 0 Å². The Kier molecular flexibility index (Phi) is 4.90. The van der Waals surface area contributed by atoms with Crippen LogP contribution in [0.15, 0.2) is 48.0 Å². The number of aromatic nitrogens is 2. The van der Waals surface area contributed by atoms with Gasteiger partial charge in [-0.05, 0) is 29.0 Å². The van der Waals surface area contributed by atoms with Crippen molar-refractivity contribution in [3.8, 4) is 11.1 Å². The van der Waals surface area contributed by atoms with Crippen LogP contribution < -0.4 is 0 Å². The molecule has 4 heteroatoms. The molecule has 0 radical (unpaired) electrons. The van der Waals surface area contributed by atoms with Crippen LogP contribution in [0.5, 0.6) is 0 Å². The molecular weight excluding hydrogens is 326 g/mol. The minimum absolute atomic E-state index is 0.959. The molecule has 0 unspecified atom stereocenters. The molecule has 4 rings (SSSR count). The molecule has 3 heterocycles. The number of hydrogen-bond donors (Lipinski definition) is 0. The van der Waals surface area contributed by atoms with Gasteiger partial charge in [-0.15, -0.1) is 11.3 Å². The van der Waals surface area contributed by atoms with Crippen molar-refractivity contribution in [3.05, 3.63) is 69.9 Å². The van der Waals surface area contributed by atoms with Crippen molar-refractivity contribution in [1.29, 1.82) is 0 Å². The zero-order valence-corrected chi connectivity index (χ0v) is 15.4. The lowest BCUT2D eigenvalue weighted by Gasteiger charge is -2.27. The fourth-order valence-corrected chi connectivity index (χ4v) is 4.30. The highest BCUT2D eigenvalue weighted by Crippen LogP contribution is 2.27. The molecule has 1 aromatic carbocycles. The van der Waals surface area contributed by atoms with E-state index in [1.807, 2.05) is 17.5 Å². The monoisotopic (exact) mass is 349 g/mol. The number of rotatable bonds is 5. The Labute approximate surface area is 153 Å². The van der Waals surface area contributed by atoms with Crippen molar-refractivity contribution in [2.75, 3.05) is 6.54 Å². The van der Waals surface area contributed by atoms with E-state index in [1.165, 1.54) is 27.3 Å². The Hall–Kier alpha value is -2.04. The van der Waals surface area contributed by atoms with Gasteiger partial charge in [0.25, 0.3) is 0 Å². The second-order valence-corrected chi connectivity index (χ2v) is 7.63. The highest BCUT2D eigenvalue weighted by atomic mass is 32.1. The summed E-state index contributed by atoms with van der Waals surface area (Å²) in [6, 6.07) is 12.9. The van der Waals surface area contributed by atoms with Gasteiger partial charge in [0.05, 0.1) is 0 Å². The molecule has 0 bridgehead atoms. The Morgan fingerprint density at radius 3 is 2.88 bits per heavy atom. The predicted molar refractivity (Wildman–Crippen MR) is 104 cm³/mol. The summed E-state index contributed by atoms with van der Waals surface area (Å²) < 4.78 is 0. The van der Waals surface area contributed by atoms with E-state index in [0.29, 0.717) is 0 Å². The summed E-state index contributed by atoms with van der Waals surface area (Å²) in [6.07, 6.45) is 5.16. The maximum absolute atomic E-state index is 4.75. The molecule has 25 heavy (non-hydrogen) atoms. The van der Waals surface area contributed by atoms with Crippen molar-refractivity contribution in [1.82, 2.24) is 14.9 Å². The molecule has 0 saturated heterocycles. The Morgan fingerprint density at radius 2 is 2.04 bits per heavy atom. The van der Waals surface area contributed by atoms with Crippen molar-refractivity contribution >= 4 is 11.3 Å². The van der Waals surface area contributed by atoms with Gasteiger partial charge in [0.2, 0.25) is 0 Å². The van der Waals surface area contributed by atoms with Crippen LogP contribution in [0, 0.1) is 0 Å². The van der Waals surface area contributed by atoms with E-state index in [0.717, 1.165) is 44.7 Å². The topological polar surface area (TPSA) is 29.0 Å². The van der Waals surface area contributed by atoms with Crippen LogP contribution in [0.1, 0.15) is 35.3 Å². The van der Waals surface area contributed by atoms with E-state index in [9.17, 15) is 0 Å². The molecule has 128 valence electrons. The number of benzene rings is 1. The van der Waals surface area contributed by atoms with Crippen LogP contribution >= 0.6 is 11.3 Å². The lowest BCUT2D eigenvalue weighted by atomic mass is 10.1. The molecule has 3 aromatic rings. The molecule has 1 aliphatic rings. The average molecular weight is 350 g/mol. The first-order valence-corrected chi connectivity index (χ1v) is 9.88. The van der Waals surface area contributed by atoms with E-state index < -0.39 is 0 Å². The first kappa shape index (κ1) is 16.4. The lowest BCUT2D eigenvalue weighted by molar-refractivity contribution is 0.244. The minimum Gasteiger partial charge on any atom is -0.293 e. The molecule has 0 N–H and O–H groups in total. The van der Waals surface area contributed by atoms with Crippen molar-refractivity contribution in [2.45, 2.75) is 39.3 Å². The van der Waals surface area contributed by atoms with Crippen molar-refractivity contribution < 1.29 is 0 Å². The second-order valence-electron chi connectivity index (χ2n) is 6.64. The van der Waals surface area contributed by atoms with Gasteiger partial charge in [-0.25, -0.2) is 9.97 Å². The molecule has 0 aliphatic carbocycles. The summed E-state index contributed by atoms with van der Waals surface area (Å²) in [7, 11) is 0. The standard InChI is InChI=1S/C21H23N3S/c1-2-6-21-22-12-18-13-24(10-9-20(18)23-21)14-19-11-17(15-25-19)16-7-4-3-5-8-16/h3-5,7-8,11-12,15H,2,6,9-10,13-14H2,1H3. The molecule has 0 fully saturated rings. The Balaban J connectivity index is 1.44. The van der Waals surface area contributed by atoms with Gasteiger partial charge in [-0.3, -0.25) is 4.90 Å². The summed E-state index contributed by atoms with van der Waals surface area (Å²) in [6.45, 7) is 5.22. The third kappa shape index (κ3) is 3.80. The average Bonchev–Trinajstić information content (AvgIpc) is 3.11. The van der Waals surface area contributed by atoms with Gasteiger partial charge in [0, 0.05) is 54.8 Å². The first-order valence-electron chi connectivity index (χ1n) is 9.00. The van der Waals surface area contributed by atoms with Gasteiger partial charge in [-0.1, -0.05) is 37.3 Å². The van der Waals surface area contributed by atoms with Gasteiger partial charge >= 0.3 is 0 Å². The molecule has 3 nitrogen and oxygen atoms in total. The van der Waals surface area contributed by atoms with Gasteiger partial charge < -0.3 is 0 Å². The van der Waals surface area contributed by atoms with Crippen LogP contribution in [0.3, 0.4) is 0 Å². The van der Waals surface area contributed by atoms with E-state index in [2.05, 4.69) is 58.6 Å². The second kappa shape index (κ2) is 7.46.